The number of alkyl halides is 3. The van der Waals surface area contributed by atoms with Gasteiger partial charge in [0.25, 0.3) is 10.1 Å². The standard InChI is InChI=1S/C20H20B3Cl2F3O7S/c21-5-9-1-10(6-22)17(11(2-9)7-23)35-19(30)13-4-15(25)14(24)3-12(13)18(29)34-16(20(26,27)28)8-36(31,32)33/h1-4,16H,5-8,21-23H2,(H,31,32,33). The summed E-state index contributed by atoms with van der Waals surface area (Å²) in [5.41, 5.74) is 1.13. The Morgan fingerprint density at radius 2 is 1.39 bits per heavy atom. The molecule has 2 aromatic rings. The van der Waals surface area contributed by atoms with Crippen molar-refractivity contribution < 1.29 is 45.2 Å². The van der Waals surface area contributed by atoms with Gasteiger partial charge in [-0.25, -0.2) is 9.59 Å². The first-order valence-corrected chi connectivity index (χ1v) is 13.1. The van der Waals surface area contributed by atoms with Gasteiger partial charge in [0, 0.05) is 0 Å². The van der Waals surface area contributed by atoms with Crippen LogP contribution in [0, 0.1) is 0 Å². The van der Waals surface area contributed by atoms with Crippen molar-refractivity contribution in [2.75, 3.05) is 5.75 Å². The van der Waals surface area contributed by atoms with E-state index in [4.69, 9.17) is 32.5 Å². The molecule has 36 heavy (non-hydrogen) atoms. The van der Waals surface area contributed by atoms with Gasteiger partial charge in [0.15, 0.2) is 0 Å². The molecule has 7 nitrogen and oxygen atoms in total. The summed E-state index contributed by atoms with van der Waals surface area (Å²) in [4.78, 5) is 25.8. The summed E-state index contributed by atoms with van der Waals surface area (Å²) >= 11 is 11.9. The Labute approximate surface area is 218 Å². The number of halogens is 5. The predicted molar refractivity (Wildman–Crippen MR) is 136 cm³/mol. The lowest BCUT2D eigenvalue weighted by atomic mass is 9.85. The number of hydrogen-bond donors (Lipinski definition) is 1. The highest BCUT2D eigenvalue weighted by Crippen LogP contribution is 2.32. The first-order chi connectivity index (χ1) is 16.6. The second kappa shape index (κ2) is 11.9. The third kappa shape index (κ3) is 7.68. The number of esters is 2. The Morgan fingerprint density at radius 1 is 0.917 bits per heavy atom. The highest BCUT2D eigenvalue weighted by Gasteiger charge is 2.46. The van der Waals surface area contributed by atoms with E-state index in [9.17, 15) is 31.2 Å². The van der Waals surface area contributed by atoms with Crippen LogP contribution in [0.25, 0.3) is 0 Å². The first-order valence-electron chi connectivity index (χ1n) is 10.7. The summed E-state index contributed by atoms with van der Waals surface area (Å²) < 4.78 is 80.5. The van der Waals surface area contributed by atoms with E-state index in [-0.39, 0.29) is 15.8 Å². The second-order valence-corrected chi connectivity index (χ2v) is 10.0. The second-order valence-electron chi connectivity index (χ2n) is 7.69. The van der Waals surface area contributed by atoms with Crippen LogP contribution in [-0.2, 0) is 33.8 Å². The summed E-state index contributed by atoms with van der Waals surface area (Å²) in [7, 11) is 0.483. The minimum Gasteiger partial charge on any atom is -0.448 e. The van der Waals surface area contributed by atoms with Crippen molar-refractivity contribution in [2.24, 2.45) is 0 Å². The van der Waals surface area contributed by atoms with E-state index < -0.39 is 51.2 Å². The minimum atomic E-state index is -5.34. The van der Waals surface area contributed by atoms with Gasteiger partial charge >= 0.3 is 18.1 Å². The number of hydrogen-bond acceptors (Lipinski definition) is 6. The Bertz CT molecular complexity index is 1250. The molecule has 192 valence electrons. The quantitative estimate of drug-likeness (QED) is 0.213. The molecular formula is C20H20B3Cl2F3O7S. The van der Waals surface area contributed by atoms with E-state index in [0.717, 1.165) is 24.0 Å². The molecule has 0 heterocycles. The number of benzene rings is 2. The monoisotopic (exact) mass is 564 g/mol. The highest BCUT2D eigenvalue weighted by atomic mass is 35.5. The molecule has 1 N–H and O–H groups in total. The molecule has 0 radical (unpaired) electrons. The molecule has 0 spiro atoms. The normalized spacial score (nSPS) is 12.7. The third-order valence-electron chi connectivity index (χ3n) is 5.14. The fraction of sp³-hybridized carbons (Fsp3) is 0.300. The van der Waals surface area contributed by atoms with Gasteiger partial charge in [0.05, 0.1) is 21.2 Å². The zero-order valence-corrected chi connectivity index (χ0v) is 21.7. The maximum atomic E-state index is 13.3. The van der Waals surface area contributed by atoms with Crippen molar-refractivity contribution in [1.29, 1.82) is 0 Å². The number of rotatable bonds is 9. The van der Waals surface area contributed by atoms with Crippen LogP contribution in [0.3, 0.4) is 0 Å². The summed E-state index contributed by atoms with van der Waals surface area (Å²) in [6.45, 7) is 0. The van der Waals surface area contributed by atoms with Gasteiger partial charge in [-0.05, 0) is 23.3 Å². The molecule has 2 rings (SSSR count). The van der Waals surface area contributed by atoms with Crippen LogP contribution >= 0.6 is 23.2 Å². The molecule has 0 aliphatic rings. The van der Waals surface area contributed by atoms with Crippen molar-refractivity contribution in [2.45, 2.75) is 31.2 Å². The number of carbonyl (C=O) groups excluding carboxylic acids is 2. The van der Waals surface area contributed by atoms with E-state index in [1.807, 2.05) is 35.7 Å². The van der Waals surface area contributed by atoms with Crippen LogP contribution in [-0.4, -0.2) is 66.5 Å². The Kier molecular flexibility index (Phi) is 9.97. The van der Waals surface area contributed by atoms with E-state index >= 15 is 0 Å². The van der Waals surface area contributed by atoms with Gasteiger partial charge in [0.1, 0.15) is 35.0 Å². The lowest BCUT2D eigenvalue weighted by molar-refractivity contribution is -0.197. The summed E-state index contributed by atoms with van der Waals surface area (Å²) in [6.07, 6.45) is -6.81. The Morgan fingerprint density at radius 3 is 1.78 bits per heavy atom. The molecule has 0 fully saturated rings. The van der Waals surface area contributed by atoms with Gasteiger partial charge in [-0.1, -0.05) is 59.9 Å². The molecule has 0 amide bonds. The van der Waals surface area contributed by atoms with E-state index in [0.29, 0.717) is 23.8 Å². The highest BCUT2D eigenvalue weighted by molar-refractivity contribution is 7.85. The molecule has 0 aliphatic carbocycles. The summed E-state index contributed by atoms with van der Waals surface area (Å²) in [6, 6.07) is 5.46. The smallest absolute Gasteiger partial charge is 0.426 e. The largest absolute Gasteiger partial charge is 0.448 e. The molecule has 0 bridgehead atoms. The maximum absolute atomic E-state index is 13.3. The van der Waals surface area contributed by atoms with Crippen molar-refractivity contribution in [3.05, 3.63) is 62.1 Å². The van der Waals surface area contributed by atoms with Crippen LogP contribution in [0.15, 0.2) is 24.3 Å². The fourth-order valence-electron chi connectivity index (χ4n) is 3.30. The van der Waals surface area contributed by atoms with Crippen LogP contribution in [0.5, 0.6) is 5.75 Å². The van der Waals surface area contributed by atoms with Crippen LogP contribution in [0.1, 0.15) is 37.4 Å². The molecule has 16 heteroatoms. The Hall–Kier alpha value is -2.15. The van der Waals surface area contributed by atoms with Gasteiger partial charge in [0.2, 0.25) is 6.10 Å². The molecule has 1 atom stereocenters. The van der Waals surface area contributed by atoms with E-state index in [1.165, 1.54) is 0 Å². The summed E-state index contributed by atoms with van der Waals surface area (Å²) in [5.74, 6) is -4.54. The van der Waals surface area contributed by atoms with Crippen molar-refractivity contribution in [3.8, 4) is 5.75 Å². The lowest BCUT2D eigenvalue weighted by Crippen LogP contribution is -2.39. The van der Waals surface area contributed by atoms with Crippen LogP contribution < -0.4 is 4.74 Å². The lowest BCUT2D eigenvalue weighted by Gasteiger charge is -2.20. The maximum Gasteiger partial charge on any atom is 0.426 e. The van der Waals surface area contributed by atoms with Crippen molar-refractivity contribution in [3.63, 3.8) is 0 Å². The van der Waals surface area contributed by atoms with Crippen LogP contribution in [0.4, 0.5) is 13.2 Å². The SMILES string of the molecule is BCc1cc(CB)c(OC(=O)c2cc(Cl)c(Cl)cc2C(=O)OC(CS(=O)(=O)O)C(F)(F)F)c(CB)c1. The molecule has 0 saturated heterocycles. The molecule has 0 aliphatic heterocycles. The van der Waals surface area contributed by atoms with Crippen molar-refractivity contribution in [1.82, 2.24) is 0 Å². The number of carbonyl (C=O) groups is 2. The van der Waals surface area contributed by atoms with Crippen LogP contribution in [0.2, 0.25) is 10.0 Å². The molecular weight excluding hydrogens is 545 g/mol. The molecule has 1 unspecified atom stereocenters. The van der Waals surface area contributed by atoms with Gasteiger partial charge in [-0.15, -0.1) is 0 Å². The fourth-order valence-corrected chi connectivity index (χ4v) is 4.27. The first kappa shape index (κ1) is 30.1. The zero-order valence-electron chi connectivity index (χ0n) is 19.4. The van der Waals surface area contributed by atoms with Gasteiger partial charge in [-0.3, -0.25) is 4.55 Å². The topological polar surface area (TPSA) is 107 Å². The molecule has 0 aromatic heterocycles. The predicted octanol–water partition coefficient (Wildman–Crippen LogP) is 1.59. The number of ether oxygens (including phenoxy) is 2. The zero-order chi connectivity index (χ0) is 27.4. The van der Waals surface area contributed by atoms with E-state index in [2.05, 4.69) is 4.74 Å². The third-order valence-corrected chi connectivity index (χ3v) is 6.59. The molecule has 2 aromatic carbocycles. The average Bonchev–Trinajstić information content (AvgIpc) is 2.78. The Balaban J connectivity index is 2.53. The average molecular weight is 565 g/mol. The summed E-state index contributed by atoms with van der Waals surface area (Å²) in [5, 5.41) is -0.479. The minimum absolute atomic E-state index is 0.196. The molecule has 0 saturated carbocycles. The van der Waals surface area contributed by atoms with Gasteiger partial charge in [-0.2, -0.15) is 21.6 Å². The van der Waals surface area contributed by atoms with Crippen molar-refractivity contribution >= 4 is 68.8 Å². The van der Waals surface area contributed by atoms with Gasteiger partial charge < -0.3 is 9.47 Å². The van der Waals surface area contributed by atoms with E-state index in [1.54, 1.807) is 0 Å².